The monoisotopic (exact) mass is 282 g/mol. The van der Waals surface area contributed by atoms with Gasteiger partial charge in [-0.1, -0.05) is 0 Å². The molecule has 20 heavy (non-hydrogen) atoms. The summed E-state index contributed by atoms with van der Waals surface area (Å²) in [4.78, 5) is 4.66. The van der Waals surface area contributed by atoms with E-state index in [4.69, 9.17) is 4.74 Å². The first-order valence-electron chi connectivity index (χ1n) is 7.07. The number of likely N-dealkylation sites (N-methyl/N-ethyl adjacent to an activating group) is 1. The van der Waals surface area contributed by atoms with Crippen LogP contribution in [-0.4, -0.2) is 61.3 Å². The van der Waals surface area contributed by atoms with Gasteiger partial charge in [0.05, 0.1) is 6.10 Å². The van der Waals surface area contributed by atoms with Crippen LogP contribution >= 0.6 is 0 Å². The van der Waals surface area contributed by atoms with Crippen molar-refractivity contribution >= 4 is 0 Å². The first-order valence-corrected chi connectivity index (χ1v) is 7.07. The smallest absolute Gasteiger partial charge is 0.125 e. The van der Waals surface area contributed by atoms with Crippen LogP contribution in [0, 0.1) is 5.82 Å². The van der Waals surface area contributed by atoms with Crippen molar-refractivity contribution in [1.29, 1.82) is 0 Å². The van der Waals surface area contributed by atoms with Gasteiger partial charge in [0.25, 0.3) is 0 Å². The van der Waals surface area contributed by atoms with Crippen molar-refractivity contribution in [2.45, 2.75) is 13.0 Å². The highest BCUT2D eigenvalue weighted by atomic mass is 19.1. The molecule has 1 atom stereocenters. The second-order valence-electron chi connectivity index (χ2n) is 5.35. The van der Waals surface area contributed by atoms with Crippen LogP contribution in [0.2, 0.25) is 0 Å². The van der Waals surface area contributed by atoms with E-state index in [0.29, 0.717) is 17.9 Å². The molecule has 1 saturated heterocycles. The first kappa shape index (κ1) is 15.2. The molecule has 1 aromatic rings. The third kappa shape index (κ3) is 4.16. The number of aliphatic hydroxyl groups excluding tert-OH is 1. The summed E-state index contributed by atoms with van der Waals surface area (Å²) >= 11 is 0. The first-order chi connectivity index (χ1) is 9.56. The molecule has 0 aromatic heterocycles. The Kier molecular flexibility index (Phi) is 5.34. The fraction of sp³-hybridized carbons (Fsp3) is 0.600. The summed E-state index contributed by atoms with van der Waals surface area (Å²) < 4.78 is 18.9. The lowest BCUT2D eigenvalue weighted by atomic mass is 10.1. The molecule has 1 fully saturated rings. The Morgan fingerprint density at radius 3 is 2.65 bits per heavy atom. The highest BCUT2D eigenvalue weighted by molar-refractivity contribution is 5.35. The maximum absolute atomic E-state index is 13.2. The molecule has 1 N–H and O–H groups in total. The van der Waals surface area contributed by atoms with Crippen molar-refractivity contribution in [2.75, 3.05) is 46.4 Å². The summed E-state index contributed by atoms with van der Waals surface area (Å²) in [5, 5.41) is 9.64. The standard InChI is InChI=1S/C15H23FN2O2/c1-12(19)14-11-13(16)3-4-15(14)20-10-9-18-7-5-17(2)6-8-18/h3-4,11-12,19H,5-10H2,1-2H3/t12-/m1/s1. The van der Waals surface area contributed by atoms with Gasteiger partial charge in [0, 0.05) is 38.3 Å². The Balaban J connectivity index is 1.85. The number of nitrogens with zero attached hydrogens (tertiary/aromatic N) is 2. The Bertz CT molecular complexity index is 432. The maximum atomic E-state index is 13.2. The van der Waals surface area contributed by atoms with Gasteiger partial charge in [0.2, 0.25) is 0 Å². The van der Waals surface area contributed by atoms with E-state index in [1.165, 1.54) is 12.1 Å². The Hall–Kier alpha value is -1.17. The van der Waals surface area contributed by atoms with Gasteiger partial charge in [0.15, 0.2) is 0 Å². The van der Waals surface area contributed by atoms with Crippen molar-refractivity contribution in [3.05, 3.63) is 29.6 Å². The predicted octanol–water partition coefficient (Wildman–Crippen LogP) is 1.51. The highest BCUT2D eigenvalue weighted by Crippen LogP contribution is 2.25. The number of piperazine rings is 1. The second kappa shape index (κ2) is 7.02. The molecule has 0 radical (unpaired) electrons. The van der Waals surface area contributed by atoms with Crippen LogP contribution in [0.25, 0.3) is 0 Å². The summed E-state index contributed by atoms with van der Waals surface area (Å²) in [7, 11) is 2.13. The molecule has 5 heteroatoms. The number of halogens is 1. The molecular formula is C15H23FN2O2. The van der Waals surface area contributed by atoms with Crippen molar-refractivity contribution in [3.63, 3.8) is 0 Å². The second-order valence-corrected chi connectivity index (χ2v) is 5.35. The van der Waals surface area contributed by atoms with Crippen LogP contribution in [0.1, 0.15) is 18.6 Å². The Morgan fingerprint density at radius 1 is 1.30 bits per heavy atom. The number of benzene rings is 1. The normalized spacial score (nSPS) is 19.0. The predicted molar refractivity (Wildman–Crippen MR) is 76.5 cm³/mol. The minimum Gasteiger partial charge on any atom is -0.492 e. The minimum absolute atomic E-state index is 0.354. The third-order valence-corrected chi connectivity index (χ3v) is 3.68. The SMILES string of the molecule is C[C@@H](O)c1cc(F)ccc1OCCN1CCN(C)CC1. The van der Waals surface area contributed by atoms with Crippen molar-refractivity contribution in [2.24, 2.45) is 0 Å². The summed E-state index contributed by atoms with van der Waals surface area (Å²) in [6.45, 7) is 7.27. The zero-order valence-electron chi connectivity index (χ0n) is 12.2. The van der Waals surface area contributed by atoms with Gasteiger partial charge < -0.3 is 14.7 Å². The molecule has 0 amide bonds. The molecule has 4 nitrogen and oxygen atoms in total. The molecular weight excluding hydrogens is 259 g/mol. The van der Waals surface area contributed by atoms with Gasteiger partial charge in [-0.15, -0.1) is 0 Å². The largest absolute Gasteiger partial charge is 0.492 e. The molecule has 0 saturated carbocycles. The van der Waals surface area contributed by atoms with E-state index < -0.39 is 6.10 Å². The fourth-order valence-electron chi connectivity index (χ4n) is 2.33. The van der Waals surface area contributed by atoms with Crippen LogP contribution in [0.5, 0.6) is 5.75 Å². The minimum atomic E-state index is -0.732. The van der Waals surface area contributed by atoms with Crippen LogP contribution < -0.4 is 4.74 Å². The van der Waals surface area contributed by atoms with E-state index >= 15 is 0 Å². The summed E-state index contributed by atoms with van der Waals surface area (Å²) in [6, 6.07) is 4.27. The van der Waals surface area contributed by atoms with E-state index in [9.17, 15) is 9.50 Å². The lowest BCUT2D eigenvalue weighted by Gasteiger charge is -2.32. The van der Waals surface area contributed by atoms with E-state index in [1.807, 2.05) is 0 Å². The zero-order chi connectivity index (χ0) is 14.5. The molecule has 2 rings (SSSR count). The number of hydrogen-bond acceptors (Lipinski definition) is 4. The average molecular weight is 282 g/mol. The van der Waals surface area contributed by atoms with Gasteiger partial charge in [-0.25, -0.2) is 4.39 Å². The van der Waals surface area contributed by atoms with Crippen molar-refractivity contribution in [1.82, 2.24) is 9.80 Å². The quantitative estimate of drug-likeness (QED) is 0.888. The highest BCUT2D eigenvalue weighted by Gasteiger charge is 2.14. The fourth-order valence-corrected chi connectivity index (χ4v) is 2.33. The number of ether oxygens (including phenoxy) is 1. The molecule has 1 aromatic carbocycles. The lowest BCUT2D eigenvalue weighted by molar-refractivity contribution is 0.131. The van der Waals surface area contributed by atoms with Crippen LogP contribution in [0.3, 0.4) is 0 Å². The van der Waals surface area contributed by atoms with Crippen molar-refractivity contribution < 1.29 is 14.2 Å². The van der Waals surface area contributed by atoms with Gasteiger partial charge in [-0.3, -0.25) is 4.90 Å². The molecule has 0 unspecified atom stereocenters. The average Bonchev–Trinajstić information content (AvgIpc) is 2.42. The van der Waals surface area contributed by atoms with Gasteiger partial charge in [0.1, 0.15) is 18.2 Å². The lowest BCUT2D eigenvalue weighted by Crippen LogP contribution is -2.45. The number of hydrogen-bond donors (Lipinski definition) is 1. The van der Waals surface area contributed by atoms with E-state index in [1.54, 1.807) is 13.0 Å². The molecule has 112 valence electrons. The zero-order valence-corrected chi connectivity index (χ0v) is 12.2. The van der Waals surface area contributed by atoms with Crippen molar-refractivity contribution in [3.8, 4) is 5.75 Å². The van der Waals surface area contributed by atoms with Crippen LogP contribution in [-0.2, 0) is 0 Å². The summed E-state index contributed by atoms with van der Waals surface area (Å²) in [6.07, 6.45) is -0.732. The summed E-state index contributed by atoms with van der Waals surface area (Å²) in [5.74, 6) is 0.211. The summed E-state index contributed by atoms with van der Waals surface area (Å²) in [5.41, 5.74) is 0.503. The molecule has 0 spiro atoms. The maximum Gasteiger partial charge on any atom is 0.125 e. The molecule has 1 aliphatic heterocycles. The van der Waals surface area contributed by atoms with Gasteiger partial charge in [-0.2, -0.15) is 0 Å². The van der Waals surface area contributed by atoms with E-state index in [-0.39, 0.29) is 5.82 Å². The number of rotatable bonds is 5. The molecule has 0 bridgehead atoms. The Morgan fingerprint density at radius 2 is 2.00 bits per heavy atom. The molecule has 1 heterocycles. The molecule has 0 aliphatic carbocycles. The Labute approximate surface area is 119 Å². The third-order valence-electron chi connectivity index (χ3n) is 3.68. The van der Waals surface area contributed by atoms with Gasteiger partial charge >= 0.3 is 0 Å². The van der Waals surface area contributed by atoms with E-state index in [0.717, 1.165) is 32.7 Å². The van der Waals surface area contributed by atoms with Gasteiger partial charge in [-0.05, 0) is 32.2 Å². The topological polar surface area (TPSA) is 35.9 Å². The number of aliphatic hydroxyl groups is 1. The van der Waals surface area contributed by atoms with Crippen LogP contribution in [0.15, 0.2) is 18.2 Å². The van der Waals surface area contributed by atoms with E-state index in [2.05, 4.69) is 16.8 Å². The van der Waals surface area contributed by atoms with Crippen LogP contribution in [0.4, 0.5) is 4.39 Å². The molecule has 1 aliphatic rings.